The van der Waals surface area contributed by atoms with Crippen LogP contribution in [0.25, 0.3) is 0 Å². The van der Waals surface area contributed by atoms with Gasteiger partial charge >= 0.3 is 0 Å². The van der Waals surface area contributed by atoms with Gasteiger partial charge in [0.05, 0.1) is 11.0 Å². The van der Waals surface area contributed by atoms with Gasteiger partial charge in [-0.05, 0) is 31.9 Å². The van der Waals surface area contributed by atoms with E-state index in [4.69, 9.17) is 5.73 Å². The van der Waals surface area contributed by atoms with E-state index in [0.717, 1.165) is 11.1 Å². The fraction of sp³-hybridized carbons (Fsp3) is 0.538. The summed E-state index contributed by atoms with van der Waals surface area (Å²) in [5, 5.41) is -0.312. The number of nitrogens with two attached hydrogens (primary N) is 1. The molecule has 0 amide bonds. The first-order valence-electron chi connectivity index (χ1n) is 5.96. The summed E-state index contributed by atoms with van der Waals surface area (Å²) in [4.78, 5) is 0. The first-order chi connectivity index (χ1) is 7.99. The average molecular weight is 255 g/mol. The Kier molecular flexibility index (Phi) is 5.15. The Morgan fingerprint density at radius 2 is 2.06 bits per heavy atom. The van der Waals surface area contributed by atoms with E-state index >= 15 is 0 Å². The lowest BCUT2D eigenvalue weighted by molar-refractivity contribution is 0.566. The van der Waals surface area contributed by atoms with Gasteiger partial charge in [0, 0.05) is 0 Å². The van der Waals surface area contributed by atoms with Gasteiger partial charge in [-0.1, -0.05) is 36.8 Å². The molecule has 0 fully saturated rings. The Hall–Kier alpha value is -0.870. The van der Waals surface area contributed by atoms with E-state index in [1.165, 1.54) is 0 Å². The molecule has 1 atom stereocenters. The van der Waals surface area contributed by atoms with Crippen molar-refractivity contribution in [3.8, 4) is 0 Å². The Balaban J connectivity index is 2.85. The maximum Gasteiger partial charge on any atom is 0.157 e. The normalized spacial score (nSPS) is 13.6. The maximum absolute atomic E-state index is 12.2. The fourth-order valence-electron chi connectivity index (χ4n) is 1.98. The molecule has 0 radical (unpaired) electrons. The Morgan fingerprint density at radius 1 is 1.35 bits per heavy atom. The zero-order chi connectivity index (χ0) is 12.9. The number of hydrogen-bond donors (Lipinski definition) is 1. The molecule has 0 aliphatic rings. The minimum Gasteiger partial charge on any atom is -0.330 e. The highest BCUT2D eigenvalue weighted by atomic mass is 32.2. The molecule has 0 aliphatic heterocycles. The first kappa shape index (κ1) is 14.2. The maximum atomic E-state index is 12.2. The van der Waals surface area contributed by atoms with Crippen molar-refractivity contribution in [1.29, 1.82) is 0 Å². The van der Waals surface area contributed by atoms with Gasteiger partial charge in [0.15, 0.2) is 9.84 Å². The molecule has 1 aromatic rings. The molecule has 1 rings (SSSR count). The second kappa shape index (κ2) is 6.17. The van der Waals surface area contributed by atoms with Crippen LogP contribution in [0.2, 0.25) is 0 Å². The van der Waals surface area contributed by atoms with E-state index in [1.807, 2.05) is 38.1 Å². The number of rotatable bonds is 6. The van der Waals surface area contributed by atoms with Crippen LogP contribution in [-0.2, 0) is 15.6 Å². The van der Waals surface area contributed by atoms with Crippen molar-refractivity contribution in [3.63, 3.8) is 0 Å². The number of benzene rings is 1. The van der Waals surface area contributed by atoms with Crippen molar-refractivity contribution >= 4 is 9.84 Å². The third-order valence-electron chi connectivity index (χ3n) is 2.90. The highest BCUT2D eigenvalue weighted by molar-refractivity contribution is 7.91. The quantitative estimate of drug-likeness (QED) is 0.846. The van der Waals surface area contributed by atoms with Gasteiger partial charge in [-0.3, -0.25) is 0 Å². The minimum atomic E-state index is -3.08. The molecule has 0 saturated heterocycles. The third kappa shape index (κ3) is 4.13. The standard InChI is InChI=1S/C13H21NO2S/c1-3-13(7-8-14)17(15,16)10-12-6-4-5-11(2)9-12/h4-6,9,13H,3,7-8,10,14H2,1-2H3. The van der Waals surface area contributed by atoms with Crippen LogP contribution in [0.4, 0.5) is 0 Å². The first-order valence-corrected chi connectivity index (χ1v) is 7.68. The van der Waals surface area contributed by atoms with Crippen molar-refractivity contribution in [2.45, 2.75) is 37.7 Å². The molecule has 4 heteroatoms. The van der Waals surface area contributed by atoms with Gasteiger partial charge in [0.1, 0.15) is 0 Å². The van der Waals surface area contributed by atoms with E-state index in [2.05, 4.69) is 0 Å². The third-order valence-corrected chi connectivity index (χ3v) is 5.22. The van der Waals surface area contributed by atoms with Gasteiger partial charge in [-0.25, -0.2) is 8.42 Å². The summed E-state index contributed by atoms with van der Waals surface area (Å²) in [5.74, 6) is 0.118. The number of sulfone groups is 1. The lowest BCUT2D eigenvalue weighted by Crippen LogP contribution is -2.25. The van der Waals surface area contributed by atoms with Crippen LogP contribution in [0, 0.1) is 6.92 Å². The highest BCUT2D eigenvalue weighted by Gasteiger charge is 2.23. The Bertz CT molecular complexity index is 454. The van der Waals surface area contributed by atoms with Gasteiger partial charge in [0.2, 0.25) is 0 Å². The van der Waals surface area contributed by atoms with Crippen LogP contribution in [0.15, 0.2) is 24.3 Å². The van der Waals surface area contributed by atoms with Crippen LogP contribution in [0.3, 0.4) is 0 Å². The summed E-state index contributed by atoms with van der Waals surface area (Å²) < 4.78 is 24.4. The van der Waals surface area contributed by atoms with Crippen LogP contribution in [0.1, 0.15) is 30.9 Å². The van der Waals surface area contributed by atoms with E-state index in [9.17, 15) is 8.42 Å². The molecule has 0 spiro atoms. The van der Waals surface area contributed by atoms with E-state index < -0.39 is 9.84 Å². The summed E-state index contributed by atoms with van der Waals surface area (Å²) in [7, 11) is -3.08. The van der Waals surface area contributed by atoms with E-state index in [0.29, 0.717) is 19.4 Å². The van der Waals surface area contributed by atoms with Crippen LogP contribution >= 0.6 is 0 Å². The van der Waals surface area contributed by atoms with Gasteiger partial charge in [-0.15, -0.1) is 0 Å². The molecule has 1 unspecified atom stereocenters. The summed E-state index contributed by atoms with van der Waals surface area (Å²) in [5.41, 5.74) is 7.40. The largest absolute Gasteiger partial charge is 0.330 e. The molecular weight excluding hydrogens is 234 g/mol. The van der Waals surface area contributed by atoms with Gasteiger partial charge in [-0.2, -0.15) is 0 Å². The molecular formula is C13H21NO2S. The molecule has 3 nitrogen and oxygen atoms in total. The monoisotopic (exact) mass is 255 g/mol. The number of aryl methyl sites for hydroxylation is 1. The van der Waals surface area contributed by atoms with Crippen molar-refractivity contribution in [2.75, 3.05) is 6.54 Å². The molecule has 0 heterocycles. The lowest BCUT2D eigenvalue weighted by Gasteiger charge is -2.15. The highest BCUT2D eigenvalue weighted by Crippen LogP contribution is 2.17. The summed E-state index contributed by atoms with van der Waals surface area (Å²) in [6.07, 6.45) is 1.18. The second-order valence-electron chi connectivity index (χ2n) is 4.40. The van der Waals surface area contributed by atoms with Crippen molar-refractivity contribution < 1.29 is 8.42 Å². The molecule has 96 valence electrons. The fourth-order valence-corrected chi connectivity index (χ4v) is 3.86. The zero-order valence-corrected chi connectivity index (χ0v) is 11.3. The van der Waals surface area contributed by atoms with E-state index in [-0.39, 0.29) is 11.0 Å². The second-order valence-corrected chi connectivity index (χ2v) is 6.68. The topological polar surface area (TPSA) is 60.2 Å². The molecule has 0 aliphatic carbocycles. The SMILES string of the molecule is CCC(CCN)S(=O)(=O)Cc1cccc(C)c1. The van der Waals surface area contributed by atoms with Gasteiger partial charge in [0.25, 0.3) is 0 Å². The minimum absolute atomic E-state index is 0.118. The van der Waals surface area contributed by atoms with Crippen molar-refractivity contribution in [1.82, 2.24) is 0 Å². The predicted octanol–water partition coefficient (Wildman–Crippen LogP) is 2.04. The molecule has 1 aromatic carbocycles. The van der Waals surface area contributed by atoms with Crippen LogP contribution < -0.4 is 5.73 Å². The Labute approximate surface area is 104 Å². The summed E-state index contributed by atoms with van der Waals surface area (Å²) in [6, 6.07) is 7.64. The van der Waals surface area contributed by atoms with Gasteiger partial charge < -0.3 is 5.73 Å². The predicted molar refractivity (Wildman–Crippen MR) is 71.6 cm³/mol. The average Bonchev–Trinajstić information content (AvgIpc) is 2.24. The number of hydrogen-bond acceptors (Lipinski definition) is 3. The molecule has 0 saturated carbocycles. The van der Waals surface area contributed by atoms with E-state index in [1.54, 1.807) is 0 Å². The lowest BCUT2D eigenvalue weighted by atomic mass is 10.2. The summed E-state index contributed by atoms with van der Waals surface area (Å²) >= 11 is 0. The van der Waals surface area contributed by atoms with Crippen molar-refractivity contribution in [3.05, 3.63) is 35.4 Å². The Morgan fingerprint density at radius 3 is 2.59 bits per heavy atom. The van der Waals surface area contributed by atoms with Crippen molar-refractivity contribution in [2.24, 2.45) is 5.73 Å². The molecule has 17 heavy (non-hydrogen) atoms. The molecule has 0 bridgehead atoms. The van der Waals surface area contributed by atoms with Crippen LogP contribution in [0.5, 0.6) is 0 Å². The molecule has 0 aromatic heterocycles. The molecule has 2 N–H and O–H groups in total. The van der Waals surface area contributed by atoms with Crippen LogP contribution in [-0.4, -0.2) is 20.2 Å². The smallest absolute Gasteiger partial charge is 0.157 e. The zero-order valence-electron chi connectivity index (χ0n) is 10.5. The summed E-state index contributed by atoms with van der Waals surface area (Å²) in [6.45, 7) is 4.28.